The molecule has 25 heavy (non-hydrogen) atoms. The fourth-order valence-electron chi connectivity index (χ4n) is 3.78. The molecule has 6 heteroatoms. The number of benzene rings is 1. The summed E-state index contributed by atoms with van der Waals surface area (Å²) >= 11 is 0. The lowest BCUT2D eigenvalue weighted by molar-refractivity contribution is -0.144. The molecule has 2 heterocycles. The number of piperidine rings is 1. The van der Waals surface area contributed by atoms with Crippen LogP contribution in [0.2, 0.25) is 0 Å². The van der Waals surface area contributed by atoms with Crippen molar-refractivity contribution in [3.63, 3.8) is 0 Å². The average molecular weight is 346 g/mol. The van der Waals surface area contributed by atoms with Crippen LogP contribution in [0.15, 0.2) is 24.3 Å². The van der Waals surface area contributed by atoms with Gasteiger partial charge in [0.2, 0.25) is 11.8 Å². The summed E-state index contributed by atoms with van der Waals surface area (Å²) in [6, 6.07) is 5.71. The van der Waals surface area contributed by atoms with E-state index in [4.69, 9.17) is 0 Å². The molecule has 1 aromatic rings. The van der Waals surface area contributed by atoms with Crippen molar-refractivity contribution in [1.82, 2.24) is 4.90 Å². The zero-order valence-corrected chi connectivity index (χ0v) is 14.4. The zero-order chi connectivity index (χ0) is 18.0. The van der Waals surface area contributed by atoms with E-state index in [-0.39, 0.29) is 42.3 Å². The fourth-order valence-corrected chi connectivity index (χ4v) is 3.78. The van der Waals surface area contributed by atoms with Crippen molar-refractivity contribution in [3.8, 4) is 0 Å². The van der Waals surface area contributed by atoms with E-state index in [1.807, 2.05) is 0 Å². The summed E-state index contributed by atoms with van der Waals surface area (Å²) in [5.41, 5.74) is 0.211. The molecule has 0 aliphatic carbocycles. The van der Waals surface area contributed by atoms with Crippen molar-refractivity contribution >= 4 is 23.3 Å². The van der Waals surface area contributed by atoms with Crippen LogP contribution in [0.3, 0.4) is 0 Å². The number of likely N-dealkylation sites (tertiary alicyclic amines) is 1. The first-order chi connectivity index (χ1) is 12.0. The molecule has 0 saturated carbocycles. The van der Waals surface area contributed by atoms with Crippen LogP contribution in [0.5, 0.6) is 0 Å². The second-order valence-corrected chi connectivity index (χ2v) is 6.72. The minimum absolute atomic E-state index is 0.0662. The number of nitrogens with zero attached hydrogens (tertiary/aromatic N) is 2. The lowest BCUT2D eigenvalue weighted by Gasteiger charge is -2.36. The molecule has 2 unspecified atom stereocenters. The highest BCUT2D eigenvalue weighted by molar-refractivity contribution is 6.01. The Morgan fingerprint density at radius 3 is 2.72 bits per heavy atom. The number of anilines is 1. The highest BCUT2D eigenvalue weighted by Crippen LogP contribution is 2.30. The minimum Gasteiger partial charge on any atom is -0.332 e. The van der Waals surface area contributed by atoms with Crippen LogP contribution in [0.1, 0.15) is 39.0 Å². The molecule has 0 spiro atoms. The second kappa shape index (κ2) is 7.33. The van der Waals surface area contributed by atoms with Crippen molar-refractivity contribution in [2.45, 2.75) is 45.1 Å². The van der Waals surface area contributed by atoms with Gasteiger partial charge in [-0.2, -0.15) is 0 Å². The molecule has 0 radical (unpaired) electrons. The lowest BCUT2D eigenvalue weighted by Crippen LogP contribution is -2.50. The van der Waals surface area contributed by atoms with Crippen molar-refractivity contribution < 1.29 is 18.8 Å². The van der Waals surface area contributed by atoms with Crippen LogP contribution in [-0.4, -0.2) is 41.6 Å². The maximum atomic E-state index is 14.0. The van der Waals surface area contributed by atoms with Gasteiger partial charge in [0.05, 0.1) is 17.6 Å². The summed E-state index contributed by atoms with van der Waals surface area (Å²) in [6.45, 7) is 2.53. The summed E-state index contributed by atoms with van der Waals surface area (Å²) in [6.07, 6.45) is 2.97. The number of hydrogen-bond donors (Lipinski definition) is 0. The summed E-state index contributed by atoms with van der Waals surface area (Å²) in [4.78, 5) is 40.4. The predicted octanol–water partition coefficient (Wildman–Crippen LogP) is 2.54. The van der Waals surface area contributed by atoms with E-state index in [0.29, 0.717) is 19.4 Å². The van der Waals surface area contributed by atoms with Gasteiger partial charge in [0.1, 0.15) is 5.82 Å². The van der Waals surface area contributed by atoms with Gasteiger partial charge in [-0.1, -0.05) is 19.1 Å². The molecule has 1 aromatic carbocycles. The van der Waals surface area contributed by atoms with E-state index in [2.05, 4.69) is 0 Å². The van der Waals surface area contributed by atoms with Gasteiger partial charge < -0.3 is 9.80 Å². The van der Waals surface area contributed by atoms with Gasteiger partial charge in [-0.15, -0.1) is 0 Å². The number of rotatable bonds is 4. The number of ketones is 1. The Morgan fingerprint density at radius 1 is 1.24 bits per heavy atom. The number of carbonyl (C=O) groups excluding carboxylic acids is 3. The van der Waals surface area contributed by atoms with E-state index in [9.17, 15) is 18.8 Å². The van der Waals surface area contributed by atoms with Gasteiger partial charge in [-0.25, -0.2) is 4.39 Å². The fraction of sp³-hybridized carbons (Fsp3) is 0.526. The summed E-state index contributed by atoms with van der Waals surface area (Å²) in [5.74, 6) is -1.32. The predicted molar refractivity (Wildman–Crippen MR) is 91.5 cm³/mol. The molecule has 2 fully saturated rings. The quantitative estimate of drug-likeness (QED) is 0.842. The van der Waals surface area contributed by atoms with Gasteiger partial charge in [0.25, 0.3) is 0 Å². The van der Waals surface area contributed by atoms with Crippen LogP contribution in [0.25, 0.3) is 0 Å². The maximum Gasteiger partial charge on any atom is 0.228 e. The number of halogens is 1. The van der Waals surface area contributed by atoms with Gasteiger partial charge in [0, 0.05) is 25.9 Å². The molecule has 0 bridgehead atoms. The highest BCUT2D eigenvalue weighted by atomic mass is 19.1. The molecule has 2 aliphatic heterocycles. The van der Waals surface area contributed by atoms with Crippen molar-refractivity contribution in [1.29, 1.82) is 0 Å². The second-order valence-electron chi connectivity index (χ2n) is 6.72. The number of carbonyl (C=O) groups is 3. The Kier molecular flexibility index (Phi) is 5.16. The number of Topliss-reactive ketones (excluding diaryl/α,β-unsaturated/α-hetero) is 1. The monoisotopic (exact) mass is 346 g/mol. The largest absolute Gasteiger partial charge is 0.332 e. The molecule has 2 amide bonds. The topological polar surface area (TPSA) is 57.7 Å². The minimum atomic E-state index is -0.516. The van der Waals surface area contributed by atoms with Gasteiger partial charge in [0.15, 0.2) is 5.78 Å². The van der Waals surface area contributed by atoms with E-state index >= 15 is 0 Å². The third-order valence-corrected chi connectivity index (χ3v) is 5.12. The first kappa shape index (κ1) is 17.6. The Balaban J connectivity index is 1.76. The normalized spacial score (nSPS) is 23.8. The van der Waals surface area contributed by atoms with Gasteiger partial charge >= 0.3 is 0 Å². The Hall–Kier alpha value is -2.24. The van der Waals surface area contributed by atoms with Crippen LogP contribution in [-0.2, 0) is 14.4 Å². The van der Waals surface area contributed by atoms with Crippen molar-refractivity contribution in [3.05, 3.63) is 30.1 Å². The van der Waals surface area contributed by atoms with Crippen LogP contribution >= 0.6 is 0 Å². The number of hydrogen-bond acceptors (Lipinski definition) is 3. The Morgan fingerprint density at radius 2 is 2.00 bits per heavy atom. The Bertz CT molecular complexity index is 691. The SMILES string of the molecule is CCC(=O)C1CCCCN1C(=O)C1CC(=O)N(c2ccccc2F)C1. The van der Waals surface area contributed by atoms with E-state index in [1.54, 1.807) is 30.0 Å². The van der Waals surface area contributed by atoms with Crippen LogP contribution < -0.4 is 4.90 Å². The molecule has 3 rings (SSSR count). The van der Waals surface area contributed by atoms with Crippen molar-refractivity contribution in [2.75, 3.05) is 18.0 Å². The Labute approximate surface area is 146 Å². The van der Waals surface area contributed by atoms with Crippen molar-refractivity contribution in [2.24, 2.45) is 5.92 Å². The third-order valence-electron chi connectivity index (χ3n) is 5.12. The van der Waals surface area contributed by atoms with Crippen LogP contribution in [0, 0.1) is 11.7 Å². The van der Waals surface area contributed by atoms with Crippen LogP contribution in [0.4, 0.5) is 10.1 Å². The molecular weight excluding hydrogens is 323 g/mol. The first-order valence-electron chi connectivity index (χ1n) is 8.91. The summed E-state index contributed by atoms with van der Waals surface area (Å²) in [5, 5.41) is 0. The standard InChI is InChI=1S/C19H23FN2O3/c1-2-17(23)16-9-5-6-10-21(16)19(25)13-11-18(24)22(12-13)15-8-4-3-7-14(15)20/h3-4,7-8,13,16H,2,5-6,9-12H2,1H3. The molecule has 2 saturated heterocycles. The van der Waals surface area contributed by atoms with E-state index in [0.717, 1.165) is 12.8 Å². The first-order valence-corrected chi connectivity index (χ1v) is 8.91. The number of para-hydroxylation sites is 1. The molecule has 0 N–H and O–H groups in total. The lowest BCUT2D eigenvalue weighted by atomic mass is 9.95. The molecule has 2 atom stereocenters. The molecule has 2 aliphatic rings. The van der Waals surface area contributed by atoms with E-state index < -0.39 is 11.7 Å². The molecular formula is C19H23FN2O3. The molecule has 5 nitrogen and oxygen atoms in total. The molecule has 0 aromatic heterocycles. The summed E-state index contributed by atoms with van der Waals surface area (Å²) in [7, 11) is 0. The summed E-state index contributed by atoms with van der Waals surface area (Å²) < 4.78 is 14.0. The van der Waals surface area contributed by atoms with Gasteiger partial charge in [-0.05, 0) is 31.4 Å². The van der Waals surface area contributed by atoms with Gasteiger partial charge in [-0.3, -0.25) is 14.4 Å². The highest BCUT2D eigenvalue weighted by Gasteiger charge is 2.41. The zero-order valence-electron chi connectivity index (χ0n) is 14.4. The smallest absolute Gasteiger partial charge is 0.228 e. The maximum absolute atomic E-state index is 14.0. The third kappa shape index (κ3) is 3.43. The number of amides is 2. The molecule has 134 valence electrons. The van der Waals surface area contributed by atoms with E-state index in [1.165, 1.54) is 11.0 Å². The average Bonchev–Trinajstić information content (AvgIpc) is 3.02.